The quantitative estimate of drug-likeness (QED) is 0.286. The summed E-state index contributed by atoms with van der Waals surface area (Å²) in [6, 6.07) is 13.4. The number of nitrogens with zero attached hydrogens (tertiary/aromatic N) is 2. The molecule has 3 aromatic carbocycles. The summed E-state index contributed by atoms with van der Waals surface area (Å²) in [6.45, 7) is 22.3. The van der Waals surface area contributed by atoms with Gasteiger partial charge < -0.3 is 9.88 Å². The first kappa shape index (κ1) is 27.0. The van der Waals surface area contributed by atoms with Crippen molar-refractivity contribution in [1.82, 2.24) is 9.55 Å². The van der Waals surface area contributed by atoms with Crippen LogP contribution in [-0.2, 0) is 7.05 Å². The van der Waals surface area contributed by atoms with E-state index in [1.165, 1.54) is 78.0 Å². The predicted octanol–water partition coefficient (Wildman–Crippen LogP) is 9.03. The zero-order valence-electron chi connectivity index (χ0n) is 25.6. The fourth-order valence-corrected chi connectivity index (χ4v) is 6.88. The minimum atomic E-state index is -0.0723. The summed E-state index contributed by atoms with van der Waals surface area (Å²) in [5.74, 6) is 1.22. The van der Waals surface area contributed by atoms with Crippen molar-refractivity contribution >= 4 is 11.3 Å². The molecule has 1 N–H and O–H groups in total. The topological polar surface area (TPSA) is 29.9 Å². The first-order valence-electron chi connectivity index (χ1n) is 14.1. The van der Waals surface area contributed by atoms with Crippen LogP contribution in [0.3, 0.4) is 0 Å². The van der Waals surface area contributed by atoms with E-state index in [-0.39, 0.29) is 12.0 Å². The molecule has 3 heteroatoms. The van der Waals surface area contributed by atoms with Crippen molar-refractivity contribution in [3.05, 3.63) is 121 Å². The van der Waals surface area contributed by atoms with E-state index in [1.807, 2.05) is 0 Å². The molecule has 5 rings (SSSR count). The number of anilines is 1. The number of hydrogen-bond acceptors (Lipinski definition) is 2. The second-order valence-corrected chi connectivity index (χ2v) is 11.9. The largest absolute Gasteiger partial charge is 0.371 e. The van der Waals surface area contributed by atoms with E-state index < -0.39 is 0 Å². The molecule has 0 bridgehead atoms. The molecule has 0 saturated heterocycles. The number of rotatable bonds is 5. The normalized spacial score (nSPS) is 15.6. The van der Waals surface area contributed by atoms with Crippen LogP contribution < -0.4 is 5.32 Å². The molecule has 0 fully saturated rings. The smallest absolute Gasteiger partial charge is 0.136 e. The highest BCUT2D eigenvalue weighted by molar-refractivity contribution is 5.81. The van der Waals surface area contributed by atoms with Crippen LogP contribution in [0.2, 0.25) is 0 Å². The maximum absolute atomic E-state index is 5.46. The number of aromatic nitrogens is 2. The number of imidazole rings is 1. The first-order chi connectivity index (χ1) is 18.4. The highest BCUT2D eigenvalue weighted by Crippen LogP contribution is 2.48. The SMILES string of the molecule is CC1=C(C)C(c2cn(C)c(C(Nc3c(C)cccc3C)c3c(C)cc(C)cc3C)n2)c2cc(C)c(C)c(C)c21. The Hall–Kier alpha value is -3.59. The van der Waals surface area contributed by atoms with Gasteiger partial charge in [0, 0.05) is 24.8 Å². The van der Waals surface area contributed by atoms with E-state index in [0.717, 1.165) is 11.5 Å². The van der Waals surface area contributed by atoms with Gasteiger partial charge in [-0.25, -0.2) is 4.98 Å². The molecule has 2 atom stereocenters. The second kappa shape index (κ2) is 9.86. The molecule has 1 aromatic heterocycles. The van der Waals surface area contributed by atoms with Crippen LogP contribution in [-0.4, -0.2) is 9.55 Å². The summed E-state index contributed by atoms with van der Waals surface area (Å²) in [4.78, 5) is 5.46. The van der Waals surface area contributed by atoms with Gasteiger partial charge in [0.15, 0.2) is 0 Å². The number of hydrogen-bond donors (Lipinski definition) is 1. The third-order valence-corrected chi connectivity index (χ3v) is 9.18. The molecule has 4 aromatic rings. The summed E-state index contributed by atoms with van der Waals surface area (Å²) < 4.78 is 2.24. The molecule has 0 amide bonds. The Bertz CT molecular complexity index is 1600. The summed E-state index contributed by atoms with van der Waals surface area (Å²) in [7, 11) is 2.15. The molecule has 0 spiro atoms. The van der Waals surface area contributed by atoms with Crippen LogP contribution in [0.5, 0.6) is 0 Å². The van der Waals surface area contributed by atoms with Crippen LogP contribution in [0.15, 0.2) is 48.2 Å². The number of fused-ring (bicyclic) bond motifs is 1. The Kier molecular flexibility index (Phi) is 6.83. The lowest BCUT2D eigenvalue weighted by atomic mass is 9.88. The van der Waals surface area contributed by atoms with Crippen molar-refractivity contribution in [2.24, 2.45) is 7.05 Å². The maximum Gasteiger partial charge on any atom is 0.136 e. The monoisotopic (exact) mass is 517 g/mol. The van der Waals surface area contributed by atoms with Crippen LogP contribution in [0.1, 0.15) is 98.5 Å². The average molecular weight is 518 g/mol. The maximum atomic E-state index is 5.46. The van der Waals surface area contributed by atoms with Gasteiger partial charge in [-0.05, 0) is 130 Å². The highest BCUT2D eigenvalue weighted by Gasteiger charge is 2.33. The standard InChI is InChI=1S/C36H43N3/c1-19-15-23(5)31(24(6)16-19)35(38-34-20(2)13-12-14-21(34)3)36-37-30(18-39(36)11)33-28(10)27(9)32-26(8)25(7)22(4)17-29(32)33/h12-18,33,35,38H,1-11H3. The van der Waals surface area contributed by atoms with Crippen molar-refractivity contribution < 1.29 is 0 Å². The number of allylic oxidation sites excluding steroid dienone is 2. The lowest BCUT2D eigenvalue weighted by Crippen LogP contribution is -2.20. The fourth-order valence-electron chi connectivity index (χ4n) is 6.88. The van der Waals surface area contributed by atoms with Gasteiger partial charge >= 0.3 is 0 Å². The Morgan fingerprint density at radius 1 is 0.769 bits per heavy atom. The van der Waals surface area contributed by atoms with E-state index in [9.17, 15) is 0 Å². The third-order valence-electron chi connectivity index (χ3n) is 9.18. The van der Waals surface area contributed by atoms with Crippen molar-refractivity contribution in [2.75, 3.05) is 5.32 Å². The Morgan fingerprint density at radius 3 is 2.00 bits per heavy atom. The zero-order valence-corrected chi connectivity index (χ0v) is 25.6. The Morgan fingerprint density at radius 2 is 1.38 bits per heavy atom. The second-order valence-electron chi connectivity index (χ2n) is 11.9. The molecule has 39 heavy (non-hydrogen) atoms. The van der Waals surface area contributed by atoms with Crippen LogP contribution in [0.4, 0.5) is 5.69 Å². The highest BCUT2D eigenvalue weighted by atomic mass is 15.1. The van der Waals surface area contributed by atoms with Gasteiger partial charge in [-0.2, -0.15) is 0 Å². The van der Waals surface area contributed by atoms with Gasteiger partial charge in [0.2, 0.25) is 0 Å². The molecule has 2 unspecified atom stereocenters. The third kappa shape index (κ3) is 4.42. The number of para-hydroxylation sites is 1. The summed E-state index contributed by atoms with van der Waals surface area (Å²) in [5.41, 5.74) is 19.8. The Balaban J connectivity index is 1.69. The van der Waals surface area contributed by atoms with Crippen molar-refractivity contribution in [1.29, 1.82) is 0 Å². The lowest BCUT2D eigenvalue weighted by molar-refractivity contribution is 0.739. The molecular weight excluding hydrogens is 474 g/mol. The van der Waals surface area contributed by atoms with Gasteiger partial charge in [-0.3, -0.25) is 0 Å². The molecule has 0 radical (unpaired) electrons. The van der Waals surface area contributed by atoms with Gasteiger partial charge in [0.25, 0.3) is 0 Å². The van der Waals surface area contributed by atoms with Crippen molar-refractivity contribution in [2.45, 2.75) is 81.2 Å². The zero-order chi connectivity index (χ0) is 28.3. The van der Waals surface area contributed by atoms with Crippen molar-refractivity contribution in [3.8, 4) is 0 Å². The minimum absolute atomic E-state index is 0.0723. The Labute approximate surface area is 235 Å². The van der Waals surface area contributed by atoms with Crippen LogP contribution in [0, 0.1) is 55.4 Å². The average Bonchev–Trinajstić information content (AvgIpc) is 3.34. The number of benzene rings is 3. The van der Waals surface area contributed by atoms with E-state index >= 15 is 0 Å². The van der Waals surface area contributed by atoms with E-state index in [0.29, 0.717) is 0 Å². The van der Waals surface area contributed by atoms with E-state index in [2.05, 4.69) is 129 Å². The number of nitrogens with one attached hydrogen (secondary N) is 1. The summed E-state index contributed by atoms with van der Waals surface area (Å²) >= 11 is 0. The molecule has 0 aliphatic heterocycles. The van der Waals surface area contributed by atoms with Crippen molar-refractivity contribution in [3.63, 3.8) is 0 Å². The molecule has 0 saturated carbocycles. The summed E-state index contributed by atoms with van der Waals surface area (Å²) in [6.07, 6.45) is 2.26. The van der Waals surface area contributed by atoms with E-state index in [4.69, 9.17) is 4.98 Å². The van der Waals surface area contributed by atoms with Gasteiger partial charge in [0.1, 0.15) is 11.9 Å². The predicted molar refractivity (Wildman–Crippen MR) is 166 cm³/mol. The minimum Gasteiger partial charge on any atom is -0.371 e. The molecular formula is C36H43N3. The van der Waals surface area contributed by atoms with E-state index in [1.54, 1.807) is 0 Å². The number of aryl methyl sites for hydroxylation is 7. The van der Waals surface area contributed by atoms with Crippen LogP contribution >= 0.6 is 0 Å². The molecule has 202 valence electrons. The lowest BCUT2D eigenvalue weighted by Gasteiger charge is -2.26. The van der Waals surface area contributed by atoms with Crippen LogP contribution in [0.25, 0.3) is 5.57 Å². The molecule has 1 aliphatic carbocycles. The molecule has 1 heterocycles. The first-order valence-corrected chi connectivity index (χ1v) is 14.1. The summed E-state index contributed by atoms with van der Waals surface area (Å²) in [5, 5.41) is 3.96. The molecule has 1 aliphatic rings. The molecule has 3 nitrogen and oxygen atoms in total. The van der Waals surface area contributed by atoms with Gasteiger partial charge in [-0.15, -0.1) is 0 Å². The van der Waals surface area contributed by atoms with Gasteiger partial charge in [-0.1, -0.05) is 47.5 Å². The van der Waals surface area contributed by atoms with Gasteiger partial charge in [0.05, 0.1) is 5.69 Å². The fraction of sp³-hybridized carbons (Fsp3) is 0.361.